The lowest BCUT2D eigenvalue weighted by Gasteiger charge is -2.24. The van der Waals surface area contributed by atoms with Gasteiger partial charge in [0, 0.05) is 0 Å². The molecule has 0 radical (unpaired) electrons. The Kier molecular flexibility index (Phi) is 3.84. The quantitative estimate of drug-likeness (QED) is 0.552. The first kappa shape index (κ1) is 9.83. The molecule has 0 amide bonds. The fourth-order valence-corrected chi connectivity index (χ4v) is 2.06. The van der Waals surface area contributed by atoms with Crippen molar-refractivity contribution in [3.05, 3.63) is 11.6 Å². The first-order valence-electron chi connectivity index (χ1n) is 5.42. The Morgan fingerprint density at radius 2 is 2.25 bits per heavy atom. The molecule has 1 aliphatic rings. The normalized spacial score (nSPS) is 24.3. The van der Waals surface area contributed by atoms with E-state index in [9.17, 15) is 0 Å². The zero-order chi connectivity index (χ0) is 8.97. The van der Waals surface area contributed by atoms with Crippen molar-refractivity contribution in [1.29, 1.82) is 0 Å². The topological polar surface area (TPSA) is 0 Å². The number of rotatable bonds is 3. The average Bonchev–Trinajstić information content (AvgIpc) is 2.06. The molecule has 0 N–H and O–H groups in total. The molecule has 0 aromatic heterocycles. The predicted molar refractivity (Wildman–Crippen MR) is 55.2 cm³/mol. The van der Waals surface area contributed by atoms with Gasteiger partial charge in [-0.05, 0) is 37.5 Å². The largest absolute Gasteiger partial charge is 0.0850 e. The third kappa shape index (κ3) is 2.66. The van der Waals surface area contributed by atoms with Gasteiger partial charge in [-0.2, -0.15) is 0 Å². The van der Waals surface area contributed by atoms with E-state index in [0.717, 1.165) is 11.8 Å². The minimum atomic E-state index is 0.879. The van der Waals surface area contributed by atoms with Gasteiger partial charge in [0.15, 0.2) is 0 Å². The Morgan fingerprint density at radius 3 is 2.67 bits per heavy atom. The van der Waals surface area contributed by atoms with E-state index in [-0.39, 0.29) is 0 Å². The fraction of sp³-hybridized carbons (Fsp3) is 0.833. The molecule has 0 bridgehead atoms. The summed E-state index contributed by atoms with van der Waals surface area (Å²) in [5.41, 5.74) is 1.72. The van der Waals surface area contributed by atoms with Gasteiger partial charge in [0.25, 0.3) is 0 Å². The summed E-state index contributed by atoms with van der Waals surface area (Å²) in [5, 5.41) is 0. The summed E-state index contributed by atoms with van der Waals surface area (Å²) < 4.78 is 0. The van der Waals surface area contributed by atoms with Crippen LogP contribution in [0.3, 0.4) is 0 Å². The highest BCUT2D eigenvalue weighted by molar-refractivity contribution is 5.06. The second kappa shape index (κ2) is 4.69. The second-order valence-electron chi connectivity index (χ2n) is 4.39. The van der Waals surface area contributed by atoms with Gasteiger partial charge in [-0.1, -0.05) is 38.8 Å². The molecule has 0 fully saturated rings. The summed E-state index contributed by atoms with van der Waals surface area (Å²) in [6.45, 7) is 6.97. The van der Waals surface area contributed by atoms with Crippen LogP contribution in [-0.2, 0) is 0 Å². The smallest absolute Gasteiger partial charge is 0.0317 e. The van der Waals surface area contributed by atoms with Crippen LogP contribution < -0.4 is 0 Å². The maximum absolute atomic E-state index is 2.50. The lowest BCUT2D eigenvalue weighted by Crippen LogP contribution is -2.11. The highest BCUT2D eigenvalue weighted by atomic mass is 14.2. The molecular weight excluding hydrogens is 144 g/mol. The van der Waals surface area contributed by atoms with Crippen LogP contribution in [0.15, 0.2) is 11.6 Å². The van der Waals surface area contributed by atoms with Gasteiger partial charge >= 0.3 is 0 Å². The standard InChI is InChI=1S/C12H22/c1-4-5-11-6-8-12(9-7-11)10(2)3/h6,10,12H,4-5,7-9H2,1-3H3. The van der Waals surface area contributed by atoms with Gasteiger partial charge in [-0.25, -0.2) is 0 Å². The van der Waals surface area contributed by atoms with Crippen molar-refractivity contribution < 1.29 is 0 Å². The van der Waals surface area contributed by atoms with Crippen LogP contribution in [0.2, 0.25) is 0 Å². The summed E-state index contributed by atoms with van der Waals surface area (Å²) in [7, 11) is 0. The van der Waals surface area contributed by atoms with Crippen molar-refractivity contribution in [1.82, 2.24) is 0 Å². The molecule has 0 heteroatoms. The molecule has 1 atom stereocenters. The molecule has 1 unspecified atom stereocenters. The van der Waals surface area contributed by atoms with E-state index >= 15 is 0 Å². The van der Waals surface area contributed by atoms with Crippen LogP contribution in [0.4, 0.5) is 0 Å². The zero-order valence-electron chi connectivity index (χ0n) is 8.77. The van der Waals surface area contributed by atoms with Gasteiger partial charge in [0.05, 0.1) is 0 Å². The predicted octanol–water partition coefficient (Wildman–Crippen LogP) is 4.17. The molecule has 0 saturated heterocycles. The van der Waals surface area contributed by atoms with Crippen molar-refractivity contribution >= 4 is 0 Å². The van der Waals surface area contributed by atoms with E-state index in [1.807, 2.05) is 0 Å². The fourth-order valence-electron chi connectivity index (χ4n) is 2.06. The highest BCUT2D eigenvalue weighted by Gasteiger charge is 2.16. The SMILES string of the molecule is CCCC1=CCC(C(C)C)CC1. The van der Waals surface area contributed by atoms with E-state index in [1.54, 1.807) is 5.57 Å². The van der Waals surface area contributed by atoms with E-state index in [0.29, 0.717) is 0 Å². The summed E-state index contributed by atoms with van der Waals surface area (Å²) in [6, 6.07) is 0. The van der Waals surface area contributed by atoms with Crippen LogP contribution in [0.5, 0.6) is 0 Å². The molecule has 1 aliphatic carbocycles. The molecule has 0 aromatic rings. The Hall–Kier alpha value is -0.260. The van der Waals surface area contributed by atoms with Crippen LogP contribution in [0, 0.1) is 11.8 Å². The first-order chi connectivity index (χ1) is 5.74. The minimum Gasteiger partial charge on any atom is -0.0850 e. The summed E-state index contributed by atoms with van der Waals surface area (Å²) >= 11 is 0. The summed E-state index contributed by atoms with van der Waals surface area (Å²) in [5.74, 6) is 1.84. The second-order valence-corrected chi connectivity index (χ2v) is 4.39. The Labute approximate surface area is 77.1 Å². The van der Waals surface area contributed by atoms with E-state index in [4.69, 9.17) is 0 Å². The van der Waals surface area contributed by atoms with E-state index in [2.05, 4.69) is 26.8 Å². The van der Waals surface area contributed by atoms with Gasteiger partial charge in [-0.15, -0.1) is 0 Å². The van der Waals surface area contributed by atoms with Crippen molar-refractivity contribution in [2.75, 3.05) is 0 Å². The molecular formula is C12H22. The monoisotopic (exact) mass is 166 g/mol. The van der Waals surface area contributed by atoms with Crippen molar-refractivity contribution in [2.45, 2.75) is 52.9 Å². The first-order valence-corrected chi connectivity index (χ1v) is 5.42. The summed E-state index contributed by atoms with van der Waals surface area (Å²) in [4.78, 5) is 0. The highest BCUT2D eigenvalue weighted by Crippen LogP contribution is 2.30. The van der Waals surface area contributed by atoms with E-state index in [1.165, 1.54) is 32.1 Å². The number of hydrogen-bond donors (Lipinski definition) is 0. The van der Waals surface area contributed by atoms with Gasteiger partial charge in [0.2, 0.25) is 0 Å². The molecule has 0 spiro atoms. The van der Waals surface area contributed by atoms with Crippen LogP contribution in [-0.4, -0.2) is 0 Å². The summed E-state index contributed by atoms with van der Waals surface area (Å²) in [6.07, 6.45) is 9.30. The molecule has 0 nitrogen and oxygen atoms in total. The third-order valence-electron chi connectivity index (χ3n) is 3.06. The number of hydrogen-bond acceptors (Lipinski definition) is 0. The van der Waals surface area contributed by atoms with Gasteiger partial charge in [0.1, 0.15) is 0 Å². The Balaban J connectivity index is 2.36. The maximum atomic E-state index is 2.50. The molecule has 0 saturated carbocycles. The Bertz CT molecular complexity index is 153. The van der Waals surface area contributed by atoms with E-state index < -0.39 is 0 Å². The van der Waals surface area contributed by atoms with Crippen molar-refractivity contribution in [3.63, 3.8) is 0 Å². The van der Waals surface area contributed by atoms with Crippen molar-refractivity contribution in [3.8, 4) is 0 Å². The van der Waals surface area contributed by atoms with Gasteiger partial charge < -0.3 is 0 Å². The molecule has 70 valence electrons. The van der Waals surface area contributed by atoms with Crippen LogP contribution in [0.1, 0.15) is 52.9 Å². The van der Waals surface area contributed by atoms with Crippen molar-refractivity contribution in [2.24, 2.45) is 11.8 Å². The zero-order valence-corrected chi connectivity index (χ0v) is 8.77. The third-order valence-corrected chi connectivity index (χ3v) is 3.06. The number of allylic oxidation sites excluding steroid dienone is 2. The Morgan fingerprint density at radius 1 is 1.50 bits per heavy atom. The average molecular weight is 166 g/mol. The van der Waals surface area contributed by atoms with Crippen LogP contribution >= 0.6 is 0 Å². The minimum absolute atomic E-state index is 0.879. The molecule has 1 rings (SSSR count). The molecule has 12 heavy (non-hydrogen) atoms. The van der Waals surface area contributed by atoms with Gasteiger partial charge in [-0.3, -0.25) is 0 Å². The molecule has 0 aromatic carbocycles. The molecule has 0 heterocycles. The lowest BCUT2D eigenvalue weighted by atomic mass is 9.81. The lowest BCUT2D eigenvalue weighted by molar-refractivity contribution is 0.348. The maximum Gasteiger partial charge on any atom is -0.0317 e. The molecule has 0 aliphatic heterocycles. The van der Waals surface area contributed by atoms with Crippen LogP contribution in [0.25, 0.3) is 0 Å².